The molecule has 0 aromatic heterocycles. The second-order valence-electron chi connectivity index (χ2n) is 4.17. The Labute approximate surface area is 103 Å². The fourth-order valence-electron chi connectivity index (χ4n) is 2.16. The standard InChI is InChI=1S/C12H13F2NO3/c13-9-5-8(15-12(16)17)6-10(14)11(9)7-1-3-18-4-2-7/h5-7,15H,1-4H2,(H,16,17). The molecule has 1 aliphatic heterocycles. The molecule has 0 bridgehead atoms. The van der Waals surface area contributed by atoms with Gasteiger partial charge in [-0.15, -0.1) is 0 Å². The molecule has 1 saturated heterocycles. The van der Waals surface area contributed by atoms with Crippen molar-refractivity contribution >= 4 is 11.8 Å². The minimum atomic E-state index is -1.35. The first-order valence-electron chi connectivity index (χ1n) is 5.64. The summed E-state index contributed by atoms with van der Waals surface area (Å²) < 4.78 is 32.8. The number of hydrogen-bond donors (Lipinski definition) is 2. The normalized spacial score (nSPS) is 16.6. The minimum Gasteiger partial charge on any atom is -0.465 e. The van der Waals surface area contributed by atoms with E-state index in [1.165, 1.54) is 0 Å². The summed E-state index contributed by atoms with van der Waals surface area (Å²) in [6.45, 7) is 0.970. The molecule has 1 heterocycles. The summed E-state index contributed by atoms with van der Waals surface area (Å²) in [4.78, 5) is 10.4. The summed E-state index contributed by atoms with van der Waals surface area (Å²) in [5.74, 6) is -1.64. The van der Waals surface area contributed by atoms with Crippen molar-refractivity contribution in [1.82, 2.24) is 0 Å². The second-order valence-corrected chi connectivity index (χ2v) is 4.17. The van der Waals surface area contributed by atoms with E-state index in [1.54, 1.807) is 0 Å². The number of nitrogens with one attached hydrogen (secondary N) is 1. The predicted octanol–water partition coefficient (Wildman–Crippen LogP) is 2.95. The van der Waals surface area contributed by atoms with E-state index in [-0.39, 0.29) is 17.2 Å². The summed E-state index contributed by atoms with van der Waals surface area (Å²) >= 11 is 0. The van der Waals surface area contributed by atoms with Crippen LogP contribution in [0.5, 0.6) is 0 Å². The van der Waals surface area contributed by atoms with Gasteiger partial charge in [-0.1, -0.05) is 0 Å². The number of ether oxygens (including phenoxy) is 1. The molecule has 1 aromatic carbocycles. The fraction of sp³-hybridized carbons (Fsp3) is 0.417. The van der Waals surface area contributed by atoms with E-state index in [4.69, 9.17) is 9.84 Å². The first-order chi connectivity index (χ1) is 8.58. The number of anilines is 1. The first-order valence-corrected chi connectivity index (χ1v) is 5.64. The topological polar surface area (TPSA) is 58.6 Å². The van der Waals surface area contributed by atoms with Crippen LogP contribution in [-0.2, 0) is 4.74 Å². The lowest BCUT2D eigenvalue weighted by Crippen LogP contribution is -2.17. The predicted molar refractivity (Wildman–Crippen MR) is 60.8 cm³/mol. The number of hydrogen-bond acceptors (Lipinski definition) is 2. The molecule has 1 fully saturated rings. The van der Waals surface area contributed by atoms with Crippen molar-refractivity contribution in [1.29, 1.82) is 0 Å². The quantitative estimate of drug-likeness (QED) is 0.856. The maximum absolute atomic E-state index is 13.8. The maximum atomic E-state index is 13.8. The highest BCUT2D eigenvalue weighted by Crippen LogP contribution is 2.32. The first kappa shape index (κ1) is 12.8. The van der Waals surface area contributed by atoms with Crippen molar-refractivity contribution in [3.8, 4) is 0 Å². The molecule has 0 atom stereocenters. The van der Waals surface area contributed by atoms with Crippen LogP contribution in [0, 0.1) is 11.6 Å². The van der Waals surface area contributed by atoms with E-state index in [1.807, 2.05) is 5.32 Å². The molecular formula is C12H13F2NO3. The van der Waals surface area contributed by atoms with Crippen LogP contribution in [0.2, 0.25) is 0 Å². The summed E-state index contributed by atoms with van der Waals surface area (Å²) in [6.07, 6.45) is -0.216. The van der Waals surface area contributed by atoms with Gasteiger partial charge in [0.05, 0.1) is 0 Å². The lowest BCUT2D eigenvalue weighted by molar-refractivity contribution is 0.0838. The van der Waals surface area contributed by atoms with Crippen molar-refractivity contribution in [2.75, 3.05) is 18.5 Å². The number of benzene rings is 1. The fourth-order valence-corrected chi connectivity index (χ4v) is 2.16. The maximum Gasteiger partial charge on any atom is 0.409 e. The Kier molecular flexibility index (Phi) is 3.76. The van der Waals surface area contributed by atoms with Crippen LogP contribution in [0.4, 0.5) is 19.3 Å². The summed E-state index contributed by atoms with van der Waals surface area (Å²) in [6, 6.07) is 2.00. The van der Waals surface area contributed by atoms with E-state index in [9.17, 15) is 13.6 Å². The van der Waals surface area contributed by atoms with Crippen LogP contribution >= 0.6 is 0 Å². The average molecular weight is 257 g/mol. The van der Waals surface area contributed by atoms with Gasteiger partial charge >= 0.3 is 6.09 Å². The third-order valence-electron chi connectivity index (χ3n) is 2.96. The van der Waals surface area contributed by atoms with Crippen LogP contribution in [-0.4, -0.2) is 24.4 Å². The van der Waals surface area contributed by atoms with Crippen molar-refractivity contribution in [2.24, 2.45) is 0 Å². The molecule has 0 radical (unpaired) electrons. The third-order valence-corrected chi connectivity index (χ3v) is 2.96. The van der Waals surface area contributed by atoms with Crippen molar-refractivity contribution in [3.63, 3.8) is 0 Å². The molecule has 2 N–H and O–H groups in total. The average Bonchev–Trinajstić information content (AvgIpc) is 2.28. The van der Waals surface area contributed by atoms with Crippen molar-refractivity contribution in [2.45, 2.75) is 18.8 Å². The molecule has 0 spiro atoms. The zero-order valence-corrected chi connectivity index (χ0v) is 9.58. The van der Waals surface area contributed by atoms with Gasteiger partial charge in [0.2, 0.25) is 0 Å². The van der Waals surface area contributed by atoms with Gasteiger partial charge in [-0.3, -0.25) is 5.32 Å². The van der Waals surface area contributed by atoms with Crippen LogP contribution in [0.3, 0.4) is 0 Å². The molecule has 1 amide bonds. The van der Waals surface area contributed by atoms with Gasteiger partial charge in [-0.2, -0.15) is 0 Å². The molecule has 0 saturated carbocycles. The highest BCUT2D eigenvalue weighted by atomic mass is 19.1. The van der Waals surface area contributed by atoms with E-state index in [0.29, 0.717) is 26.1 Å². The van der Waals surface area contributed by atoms with Crippen molar-refractivity contribution in [3.05, 3.63) is 29.3 Å². The summed E-state index contributed by atoms with van der Waals surface area (Å²) in [5.41, 5.74) is -0.0810. The van der Waals surface area contributed by atoms with E-state index >= 15 is 0 Å². The molecule has 98 valence electrons. The van der Waals surface area contributed by atoms with Gasteiger partial charge in [0, 0.05) is 24.5 Å². The van der Waals surface area contributed by atoms with Crippen LogP contribution in [0.15, 0.2) is 12.1 Å². The Morgan fingerprint density at radius 3 is 2.33 bits per heavy atom. The Bertz CT molecular complexity index is 436. The van der Waals surface area contributed by atoms with Gasteiger partial charge in [0.15, 0.2) is 0 Å². The SMILES string of the molecule is O=C(O)Nc1cc(F)c(C2CCOCC2)c(F)c1. The van der Waals surface area contributed by atoms with Gasteiger partial charge in [0.25, 0.3) is 0 Å². The number of rotatable bonds is 2. The van der Waals surface area contributed by atoms with Gasteiger partial charge in [-0.25, -0.2) is 13.6 Å². The number of carbonyl (C=O) groups is 1. The van der Waals surface area contributed by atoms with Gasteiger partial charge in [-0.05, 0) is 30.9 Å². The molecule has 18 heavy (non-hydrogen) atoms. The van der Waals surface area contributed by atoms with E-state index in [2.05, 4.69) is 0 Å². The van der Waals surface area contributed by atoms with Crippen LogP contribution in [0.25, 0.3) is 0 Å². The summed E-state index contributed by atoms with van der Waals surface area (Å²) in [5, 5.41) is 10.4. The number of carboxylic acid groups (broad SMARTS) is 1. The highest BCUT2D eigenvalue weighted by molar-refractivity contribution is 5.82. The second kappa shape index (κ2) is 5.30. The highest BCUT2D eigenvalue weighted by Gasteiger charge is 2.23. The molecular weight excluding hydrogens is 244 g/mol. The van der Waals surface area contributed by atoms with Crippen LogP contribution < -0.4 is 5.32 Å². The molecule has 1 aliphatic rings. The van der Waals surface area contributed by atoms with Gasteiger partial charge in [0.1, 0.15) is 11.6 Å². The Hall–Kier alpha value is -1.69. The Morgan fingerprint density at radius 2 is 1.83 bits per heavy atom. The smallest absolute Gasteiger partial charge is 0.409 e. The molecule has 4 nitrogen and oxygen atoms in total. The van der Waals surface area contributed by atoms with E-state index in [0.717, 1.165) is 12.1 Å². The largest absolute Gasteiger partial charge is 0.465 e. The van der Waals surface area contributed by atoms with Crippen LogP contribution in [0.1, 0.15) is 24.3 Å². The molecule has 1 aromatic rings. The lowest BCUT2D eigenvalue weighted by atomic mass is 9.90. The summed E-state index contributed by atoms with van der Waals surface area (Å²) in [7, 11) is 0. The molecule has 0 unspecified atom stereocenters. The van der Waals surface area contributed by atoms with Gasteiger partial charge < -0.3 is 9.84 Å². The minimum absolute atomic E-state index is 0.0224. The number of amides is 1. The monoisotopic (exact) mass is 257 g/mol. The zero-order chi connectivity index (χ0) is 13.1. The Morgan fingerprint density at radius 1 is 1.28 bits per heavy atom. The molecule has 2 rings (SSSR count). The lowest BCUT2D eigenvalue weighted by Gasteiger charge is -2.23. The van der Waals surface area contributed by atoms with E-state index < -0.39 is 17.7 Å². The molecule has 6 heteroatoms. The number of halogens is 2. The molecule has 0 aliphatic carbocycles. The zero-order valence-electron chi connectivity index (χ0n) is 9.58. The van der Waals surface area contributed by atoms with Crippen molar-refractivity contribution < 1.29 is 23.4 Å². The Balaban J connectivity index is 2.28. The third kappa shape index (κ3) is 2.76.